The molecule has 0 radical (unpaired) electrons. The summed E-state index contributed by atoms with van der Waals surface area (Å²) in [4.78, 5) is 2.33. The zero-order valence-corrected chi connectivity index (χ0v) is 9.33. The lowest BCUT2D eigenvalue weighted by Crippen LogP contribution is -2.24. The maximum atomic E-state index is 5.94. The number of rotatable bonds is 4. The second-order valence-corrected chi connectivity index (χ2v) is 3.52. The van der Waals surface area contributed by atoms with Crippen molar-refractivity contribution in [1.29, 1.82) is 0 Å². The van der Waals surface area contributed by atoms with Crippen LogP contribution in [0.5, 0.6) is 0 Å². The maximum absolute atomic E-state index is 5.94. The van der Waals surface area contributed by atoms with E-state index in [1.165, 1.54) is 11.3 Å². The average molecular weight is 192 g/mol. The van der Waals surface area contributed by atoms with E-state index < -0.39 is 0 Å². The molecular formula is C12H20N2. The van der Waals surface area contributed by atoms with Crippen LogP contribution in [-0.2, 0) is 0 Å². The van der Waals surface area contributed by atoms with Crippen molar-refractivity contribution in [3.63, 3.8) is 0 Å². The van der Waals surface area contributed by atoms with Gasteiger partial charge in [-0.05, 0) is 32.4 Å². The Hall–Kier alpha value is -1.02. The first-order chi connectivity index (χ1) is 6.70. The van der Waals surface area contributed by atoms with Crippen molar-refractivity contribution >= 4 is 5.69 Å². The van der Waals surface area contributed by atoms with Crippen molar-refractivity contribution in [3.05, 3.63) is 29.8 Å². The quantitative estimate of drug-likeness (QED) is 0.794. The second-order valence-electron chi connectivity index (χ2n) is 3.52. The SMILES string of the molecule is CCN(CC)c1ccccc1[C@@H](C)N. The van der Waals surface area contributed by atoms with Gasteiger partial charge in [-0.2, -0.15) is 0 Å². The van der Waals surface area contributed by atoms with E-state index in [0.717, 1.165) is 13.1 Å². The van der Waals surface area contributed by atoms with Crippen LogP contribution in [-0.4, -0.2) is 13.1 Å². The van der Waals surface area contributed by atoms with Gasteiger partial charge in [-0.1, -0.05) is 18.2 Å². The van der Waals surface area contributed by atoms with Gasteiger partial charge >= 0.3 is 0 Å². The van der Waals surface area contributed by atoms with E-state index in [2.05, 4.69) is 36.9 Å². The predicted octanol–water partition coefficient (Wildman–Crippen LogP) is 2.55. The fraction of sp³-hybridized carbons (Fsp3) is 0.500. The van der Waals surface area contributed by atoms with E-state index in [9.17, 15) is 0 Å². The van der Waals surface area contributed by atoms with Crippen molar-refractivity contribution in [3.8, 4) is 0 Å². The number of hydrogen-bond acceptors (Lipinski definition) is 2. The molecule has 2 N–H and O–H groups in total. The Morgan fingerprint density at radius 2 is 1.79 bits per heavy atom. The third-order valence-corrected chi connectivity index (χ3v) is 2.53. The fourth-order valence-corrected chi connectivity index (χ4v) is 1.72. The largest absolute Gasteiger partial charge is 0.372 e. The molecule has 0 saturated heterocycles. The molecule has 1 atom stereocenters. The van der Waals surface area contributed by atoms with Gasteiger partial charge in [0.15, 0.2) is 0 Å². The predicted molar refractivity (Wildman–Crippen MR) is 62.6 cm³/mol. The molecule has 0 aromatic heterocycles. The summed E-state index contributed by atoms with van der Waals surface area (Å²) in [6.45, 7) is 8.42. The Morgan fingerprint density at radius 1 is 1.21 bits per heavy atom. The molecule has 0 amide bonds. The van der Waals surface area contributed by atoms with Gasteiger partial charge in [-0.15, -0.1) is 0 Å². The summed E-state index contributed by atoms with van der Waals surface area (Å²) in [5.74, 6) is 0. The molecule has 0 fully saturated rings. The highest BCUT2D eigenvalue weighted by Gasteiger charge is 2.09. The van der Waals surface area contributed by atoms with E-state index in [0.29, 0.717) is 0 Å². The van der Waals surface area contributed by atoms with Crippen LogP contribution in [0.15, 0.2) is 24.3 Å². The Morgan fingerprint density at radius 3 is 2.29 bits per heavy atom. The number of nitrogens with zero attached hydrogens (tertiary/aromatic N) is 1. The van der Waals surface area contributed by atoms with Crippen LogP contribution in [0.4, 0.5) is 5.69 Å². The van der Waals surface area contributed by atoms with Crippen molar-refractivity contribution in [1.82, 2.24) is 0 Å². The standard InChI is InChI=1S/C12H20N2/c1-4-14(5-2)12-9-7-6-8-11(12)10(3)13/h6-10H,4-5,13H2,1-3H3/t10-/m1/s1. The topological polar surface area (TPSA) is 29.3 Å². The summed E-state index contributed by atoms with van der Waals surface area (Å²) >= 11 is 0. The second kappa shape index (κ2) is 5.01. The molecule has 2 nitrogen and oxygen atoms in total. The van der Waals surface area contributed by atoms with Crippen LogP contribution in [0.25, 0.3) is 0 Å². The Labute approximate surface area is 86.7 Å². The van der Waals surface area contributed by atoms with E-state index >= 15 is 0 Å². The minimum atomic E-state index is 0.104. The number of nitrogens with two attached hydrogens (primary N) is 1. The molecule has 0 bridgehead atoms. The first kappa shape index (κ1) is 11.1. The molecule has 1 aromatic rings. The normalized spacial score (nSPS) is 12.6. The molecule has 0 unspecified atom stereocenters. The monoisotopic (exact) mass is 192 g/mol. The molecule has 0 spiro atoms. The first-order valence-corrected chi connectivity index (χ1v) is 5.30. The third-order valence-electron chi connectivity index (χ3n) is 2.53. The molecule has 1 rings (SSSR count). The van der Waals surface area contributed by atoms with E-state index in [1.54, 1.807) is 0 Å². The summed E-state index contributed by atoms with van der Waals surface area (Å²) in [6, 6.07) is 8.47. The number of benzene rings is 1. The molecule has 0 aliphatic carbocycles. The minimum absolute atomic E-state index is 0.104. The third kappa shape index (κ3) is 2.26. The molecule has 0 saturated carbocycles. The molecule has 1 aromatic carbocycles. The van der Waals surface area contributed by atoms with Gasteiger partial charge in [-0.3, -0.25) is 0 Å². The number of hydrogen-bond donors (Lipinski definition) is 1. The highest BCUT2D eigenvalue weighted by Crippen LogP contribution is 2.24. The highest BCUT2D eigenvalue weighted by molar-refractivity contribution is 5.54. The van der Waals surface area contributed by atoms with Crippen molar-refractivity contribution < 1.29 is 0 Å². The van der Waals surface area contributed by atoms with Crippen LogP contribution >= 0.6 is 0 Å². The first-order valence-electron chi connectivity index (χ1n) is 5.30. The Kier molecular flexibility index (Phi) is 3.96. The lowest BCUT2D eigenvalue weighted by molar-refractivity contribution is 0.790. The van der Waals surface area contributed by atoms with Gasteiger partial charge in [0.1, 0.15) is 0 Å². The lowest BCUT2D eigenvalue weighted by atomic mass is 10.1. The van der Waals surface area contributed by atoms with Crippen molar-refractivity contribution in [2.45, 2.75) is 26.8 Å². The summed E-state index contributed by atoms with van der Waals surface area (Å²) < 4.78 is 0. The number of para-hydroxylation sites is 1. The molecule has 0 aliphatic rings. The minimum Gasteiger partial charge on any atom is -0.372 e. The summed E-state index contributed by atoms with van der Waals surface area (Å²) in [5.41, 5.74) is 8.44. The van der Waals surface area contributed by atoms with Gasteiger partial charge in [0.25, 0.3) is 0 Å². The molecular weight excluding hydrogens is 172 g/mol. The molecule has 0 heterocycles. The molecule has 14 heavy (non-hydrogen) atoms. The number of anilines is 1. The van der Waals surface area contributed by atoms with Crippen LogP contribution in [0, 0.1) is 0 Å². The van der Waals surface area contributed by atoms with Gasteiger partial charge < -0.3 is 10.6 Å². The van der Waals surface area contributed by atoms with Gasteiger partial charge in [-0.25, -0.2) is 0 Å². The van der Waals surface area contributed by atoms with E-state index in [4.69, 9.17) is 5.73 Å². The lowest BCUT2D eigenvalue weighted by Gasteiger charge is -2.25. The van der Waals surface area contributed by atoms with Crippen molar-refractivity contribution in [2.75, 3.05) is 18.0 Å². The van der Waals surface area contributed by atoms with Gasteiger partial charge in [0.05, 0.1) is 0 Å². The molecule has 2 heteroatoms. The Bertz CT molecular complexity index is 277. The summed E-state index contributed by atoms with van der Waals surface area (Å²) in [5, 5.41) is 0. The zero-order valence-electron chi connectivity index (χ0n) is 9.33. The maximum Gasteiger partial charge on any atom is 0.0414 e. The van der Waals surface area contributed by atoms with Gasteiger partial charge in [0.2, 0.25) is 0 Å². The zero-order chi connectivity index (χ0) is 10.6. The Balaban J connectivity index is 3.05. The highest BCUT2D eigenvalue weighted by atomic mass is 15.1. The fourth-order valence-electron chi connectivity index (χ4n) is 1.72. The molecule has 78 valence electrons. The van der Waals surface area contributed by atoms with Crippen LogP contribution < -0.4 is 10.6 Å². The van der Waals surface area contributed by atoms with E-state index in [1.807, 2.05) is 13.0 Å². The van der Waals surface area contributed by atoms with Crippen LogP contribution in [0.2, 0.25) is 0 Å². The average Bonchev–Trinajstić information content (AvgIpc) is 2.20. The van der Waals surface area contributed by atoms with Gasteiger partial charge in [0, 0.05) is 24.8 Å². The summed E-state index contributed by atoms with van der Waals surface area (Å²) in [7, 11) is 0. The smallest absolute Gasteiger partial charge is 0.0414 e. The molecule has 0 aliphatic heterocycles. The van der Waals surface area contributed by atoms with E-state index in [-0.39, 0.29) is 6.04 Å². The summed E-state index contributed by atoms with van der Waals surface area (Å²) in [6.07, 6.45) is 0. The van der Waals surface area contributed by atoms with Crippen LogP contribution in [0.1, 0.15) is 32.4 Å². The van der Waals surface area contributed by atoms with Crippen LogP contribution in [0.3, 0.4) is 0 Å². The van der Waals surface area contributed by atoms with Crippen molar-refractivity contribution in [2.24, 2.45) is 5.73 Å².